The summed E-state index contributed by atoms with van der Waals surface area (Å²) in [7, 11) is 1.64. The van der Waals surface area contributed by atoms with Crippen LogP contribution in [-0.4, -0.2) is 32.0 Å². The zero-order chi connectivity index (χ0) is 23.3. The van der Waals surface area contributed by atoms with Crippen LogP contribution in [0, 0.1) is 6.92 Å². The molecule has 7 nitrogen and oxygen atoms in total. The predicted molar refractivity (Wildman–Crippen MR) is 131 cm³/mol. The number of methoxy groups -OCH3 is 1. The van der Waals surface area contributed by atoms with Crippen LogP contribution >= 0.6 is 11.8 Å². The van der Waals surface area contributed by atoms with Crippen LogP contribution in [0.2, 0.25) is 0 Å². The van der Waals surface area contributed by atoms with E-state index in [1.807, 2.05) is 48.5 Å². The monoisotopic (exact) mass is 469 g/mol. The van der Waals surface area contributed by atoms with Crippen molar-refractivity contribution in [3.8, 4) is 22.8 Å². The molecule has 0 radical (unpaired) electrons. The number of rotatable bonds is 8. The van der Waals surface area contributed by atoms with Crippen LogP contribution in [0.15, 0.2) is 88.5 Å². The fraction of sp³-hybridized carbons (Fsp3) is 0.154. The van der Waals surface area contributed by atoms with Gasteiger partial charge in [0.25, 0.3) is 0 Å². The summed E-state index contributed by atoms with van der Waals surface area (Å²) in [5, 5.41) is 13.9. The SMILES string of the molecule is COc1ccc(-c2noc(CSc3nnc(Cc4ccccc4)n3-c3cccc(C)c3)n2)cc1. The van der Waals surface area contributed by atoms with Gasteiger partial charge in [-0.1, -0.05) is 59.4 Å². The summed E-state index contributed by atoms with van der Waals surface area (Å²) in [6.07, 6.45) is 0.685. The van der Waals surface area contributed by atoms with E-state index < -0.39 is 0 Å². The Morgan fingerprint density at radius 1 is 0.941 bits per heavy atom. The molecule has 0 aliphatic carbocycles. The number of aryl methyl sites for hydroxylation is 1. The Labute approximate surface area is 201 Å². The first-order valence-corrected chi connectivity index (χ1v) is 11.8. The number of hydrogen-bond acceptors (Lipinski definition) is 7. The van der Waals surface area contributed by atoms with Crippen LogP contribution in [0.4, 0.5) is 0 Å². The summed E-state index contributed by atoms with van der Waals surface area (Å²) in [6, 6.07) is 26.2. The van der Waals surface area contributed by atoms with Crippen molar-refractivity contribution >= 4 is 11.8 Å². The Kier molecular flexibility index (Phi) is 6.40. The second-order valence-electron chi connectivity index (χ2n) is 7.76. The Morgan fingerprint density at radius 3 is 2.53 bits per heavy atom. The normalized spacial score (nSPS) is 11.0. The molecule has 2 heterocycles. The average Bonchev–Trinajstić information content (AvgIpc) is 3.50. The maximum Gasteiger partial charge on any atom is 0.237 e. The maximum atomic E-state index is 5.49. The molecule has 0 N–H and O–H groups in total. The van der Waals surface area contributed by atoms with Crippen LogP contribution < -0.4 is 4.74 Å². The minimum atomic E-state index is 0.485. The van der Waals surface area contributed by atoms with Crippen molar-refractivity contribution in [3.63, 3.8) is 0 Å². The molecule has 34 heavy (non-hydrogen) atoms. The third kappa shape index (κ3) is 4.87. The average molecular weight is 470 g/mol. The van der Waals surface area contributed by atoms with E-state index in [9.17, 15) is 0 Å². The molecule has 5 aromatic rings. The number of ether oxygens (including phenoxy) is 1. The Morgan fingerprint density at radius 2 is 1.76 bits per heavy atom. The zero-order valence-corrected chi connectivity index (χ0v) is 19.7. The number of hydrogen-bond donors (Lipinski definition) is 0. The predicted octanol–water partition coefficient (Wildman–Crippen LogP) is 5.52. The van der Waals surface area contributed by atoms with Crippen LogP contribution in [0.3, 0.4) is 0 Å². The minimum Gasteiger partial charge on any atom is -0.497 e. The van der Waals surface area contributed by atoms with Gasteiger partial charge in [0, 0.05) is 17.7 Å². The quantitative estimate of drug-likeness (QED) is 0.277. The van der Waals surface area contributed by atoms with Crippen molar-refractivity contribution < 1.29 is 9.26 Å². The van der Waals surface area contributed by atoms with Crippen LogP contribution in [0.1, 0.15) is 22.8 Å². The van der Waals surface area contributed by atoms with Gasteiger partial charge in [-0.3, -0.25) is 4.57 Å². The lowest BCUT2D eigenvalue weighted by atomic mass is 10.1. The highest BCUT2D eigenvalue weighted by Gasteiger charge is 2.17. The Hall–Kier alpha value is -3.91. The lowest BCUT2D eigenvalue weighted by molar-refractivity contribution is 0.391. The van der Waals surface area contributed by atoms with Gasteiger partial charge in [-0.05, 0) is 54.4 Å². The molecule has 0 saturated heterocycles. The van der Waals surface area contributed by atoms with Crippen LogP contribution in [-0.2, 0) is 12.2 Å². The lowest BCUT2D eigenvalue weighted by Gasteiger charge is -2.10. The van der Waals surface area contributed by atoms with E-state index in [0.717, 1.165) is 28.0 Å². The van der Waals surface area contributed by atoms with Crippen molar-refractivity contribution in [2.45, 2.75) is 24.3 Å². The highest BCUT2D eigenvalue weighted by atomic mass is 32.2. The van der Waals surface area contributed by atoms with E-state index >= 15 is 0 Å². The fourth-order valence-corrected chi connectivity index (χ4v) is 4.42. The fourth-order valence-electron chi connectivity index (χ4n) is 3.61. The van der Waals surface area contributed by atoms with Crippen molar-refractivity contribution in [1.82, 2.24) is 24.9 Å². The second kappa shape index (κ2) is 9.93. The summed E-state index contributed by atoms with van der Waals surface area (Å²) in [5.41, 5.74) is 4.26. The van der Waals surface area contributed by atoms with Gasteiger partial charge in [0.15, 0.2) is 5.16 Å². The molecule has 8 heteroatoms. The van der Waals surface area contributed by atoms with Gasteiger partial charge in [0.2, 0.25) is 11.7 Å². The van der Waals surface area contributed by atoms with E-state index in [1.54, 1.807) is 7.11 Å². The molecule has 0 amide bonds. The van der Waals surface area contributed by atoms with E-state index in [1.165, 1.54) is 22.9 Å². The van der Waals surface area contributed by atoms with E-state index in [0.29, 0.717) is 23.9 Å². The van der Waals surface area contributed by atoms with Crippen LogP contribution in [0.5, 0.6) is 5.75 Å². The molecule has 0 saturated carbocycles. The molecular formula is C26H23N5O2S. The summed E-state index contributed by atoms with van der Waals surface area (Å²) in [4.78, 5) is 4.55. The molecule has 0 bridgehead atoms. The summed E-state index contributed by atoms with van der Waals surface area (Å²) in [6.45, 7) is 2.08. The first kappa shape index (κ1) is 21.9. The molecule has 0 atom stereocenters. The van der Waals surface area contributed by atoms with Gasteiger partial charge >= 0.3 is 0 Å². The highest BCUT2D eigenvalue weighted by molar-refractivity contribution is 7.98. The summed E-state index contributed by atoms with van der Waals surface area (Å²) in [5.74, 6) is 3.22. The molecule has 170 valence electrons. The van der Waals surface area contributed by atoms with Gasteiger partial charge in [0.1, 0.15) is 11.6 Å². The number of aromatic nitrogens is 5. The van der Waals surface area contributed by atoms with Gasteiger partial charge in [-0.2, -0.15) is 4.98 Å². The largest absolute Gasteiger partial charge is 0.497 e. The molecule has 0 spiro atoms. The molecule has 3 aromatic carbocycles. The number of thioether (sulfide) groups is 1. The smallest absolute Gasteiger partial charge is 0.237 e. The first-order chi connectivity index (χ1) is 16.7. The molecule has 0 unspecified atom stereocenters. The van der Waals surface area contributed by atoms with Gasteiger partial charge in [-0.15, -0.1) is 10.2 Å². The highest BCUT2D eigenvalue weighted by Crippen LogP contribution is 2.27. The molecule has 5 rings (SSSR count). The molecule has 0 fully saturated rings. The first-order valence-electron chi connectivity index (χ1n) is 10.8. The van der Waals surface area contributed by atoms with E-state index in [-0.39, 0.29) is 0 Å². The van der Waals surface area contributed by atoms with Crippen molar-refractivity contribution in [1.29, 1.82) is 0 Å². The minimum absolute atomic E-state index is 0.485. The Bertz CT molecular complexity index is 1380. The van der Waals surface area contributed by atoms with Crippen molar-refractivity contribution in [2.24, 2.45) is 0 Å². The van der Waals surface area contributed by atoms with Gasteiger partial charge in [-0.25, -0.2) is 0 Å². The summed E-state index contributed by atoms with van der Waals surface area (Å²) >= 11 is 1.52. The number of nitrogens with zero attached hydrogens (tertiary/aromatic N) is 5. The van der Waals surface area contributed by atoms with E-state index in [4.69, 9.17) is 9.26 Å². The third-order valence-corrected chi connectivity index (χ3v) is 6.22. The third-order valence-electron chi connectivity index (χ3n) is 5.31. The lowest BCUT2D eigenvalue weighted by Crippen LogP contribution is -2.04. The second-order valence-corrected chi connectivity index (χ2v) is 8.71. The maximum absolute atomic E-state index is 5.49. The zero-order valence-electron chi connectivity index (χ0n) is 18.9. The molecule has 2 aromatic heterocycles. The number of benzene rings is 3. The standard InChI is InChI=1S/C26H23N5O2S/c1-18-7-6-10-21(15-18)31-23(16-19-8-4-3-5-9-19)28-29-26(31)34-17-24-27-25(30-33-24)20-11-13-22(32-2)14-12-20/h3-15H,16-17H2,1-2H3. The Balaban J connectivity index is 1.39. The van der Waals surface area contributed by atoms with Crippen molar-refractivity contribution in [3.05, 3.63) is 102 Å². The molecule has 0 aliphatic rings. The summed E-state index contributed by atoms with van der Waals surface area (Å²) < 4.78 is 12.8. The van der Waals surface area contributed by atoms with Crippen molar-refractivity contribution in [2.75, 3.05) is 7.11 Å². The van der Waals surface area contributed by atoms with Gasteiger partial charge in [0.05, 0.1) is 12.9 Å². The van der Waals surface area contributed by atoms with E-state index in [2.05, 4.69) is 62.2 Å². The molecular weight excluding hydrogens is 446 g/mol. The molecule has 0 aliphatic heterocycles. The topological polar surface area (TPSA) is 78.9 Å². The van der Waals surface area contributed by atoms with Gasteiger partial charge < -0.3 is 9.26 Å². The van der Waals surface area contributed by atoms with Crippen LogP contribution in [0.25, 0.3) is 17.1 Å².